The summed E-state index contributed by atoms with van der Waals surface area (Å²) in [6.45, 7) is 6.25. The standard InChI is InChI=1S/C11H21N3O/c1-9-11(10(2)14(3)13-9)5-7-12-6-4-8-15/h12,15H,4-8H2,1-3H3. The molecule has 1 aromatic rings. The summed E-state index contributed by atoms with van der Waals surface area (Å²) in [6, 6.07) is 0. The summed E-state index contributed by atoms with van der Waals surface area (Å²) in [5, 5.41) is 16.3. The first-order chi connectivity index (χ1) is 7.16. The molecule has 0 aromatic carbocycles. The van der Waals surface area contributed by atoms with Gasteiger partial charge in [-0.3, -0.25) is 4.68 Å². The lowest BCUT2D eigenvalue weighted by Crippen LogP contribution is -2.19. The van der Waals surface area contributed by atoms with Gasteiger partial charge in [0.1, 0.15) is 0 Å². The Bertz CT molecular complexity index is 307. The van der Waals surface area contributed by atoms with Crippen LogP contribution in [0.5, 0.6) is 0 Å². The summed E-state index contributed by atoms with van der Waals surface area (Å²) in [5.41, 5.74) is 3.71. The molecule has 0 saturated heterocycles. The van der Waals surface area contributed by atoms with E-state index in [4.69, 9.17) is 5.11 Å². The Kier molecular flexibility index (Phi) is 4.78. The maximum absolute atomic E-state index is 8.62. The maximum atomic E-state index is 8.62. The van der Waals surface area contributed by atoms with Crippen molar-refractivity contribution in [2.75, 3.05) is 19.7 Å². The van der Waals surface area contributed by atoms with E-state index in [9.17, 15) is 0 Å². The Hall–Kier alpha value is -0.870. The third kappa shape index (κ3) is 3.32. The predicted molar refractivity (Wildman–Crippen MR) is 61.0 cm³/mol. The van der Waals surface area contributed by atoms with E-state index in [0.717, 1.165) is 31.6 Å². The molecule has 4 heteroatoms. The van der Waals surface area contributed by atoms with Crippen molar-refractivity contribution in [1.82, 2.24) is 15.1 Å². The van der Waals surface area contributed by atoms with Gasteiger partial charge in [0.25, 0.3) is 0 Å². The molecule has 0 radical (unpaired) electrons. The molecule has 1 heterocycles. The van der Waals surface area contributed by atoms with Gasteiger partial charge in [-0.25, -0.2) is 0 Å². The molecule has 15 heavy (non-hydrogen) atoms. The molecule has 2 N–H and O–H groups in total. The average Bonchev–Trinajstić information content (AvgIpc) is 2.44. The van der Waals surface area contributed by atoms with Crippen molar-refractivity contribution >= 4 is 0 Å². The van der Waals surface area contributed by atoms with Crippen LogP contribution >= 0.6 is 0 Å². The van der Waals surface area contributed by atoms with E-state index < -0.39 is 0 Å². The summed E-state index contributed by atoms with van der Waals surface area (Å²) in [7, 11) is 1.98. The molecule has 0 bridgehead atoms. The number of aryl methyl sites for hydroxylation is 2. The summed E-state index contributed by atoms with van der Waals surface area (Å²) in [4.78, 5) is 0. The predicted octanol–water partition coefficient (Wildman–Crippen LogP) is 0.551. The zero-order valence-corrected chi connectivity index (χ0v) is 9.88. The van der Waals surface area contributed by atoms with Crippen LogP contribution in [0.25, 0.3) is 0 Å². The van der Waals surface area contributed by atoms with Crippen LogP contribution in [0.3, 0.4) is 0 Å². The molecule has 0 fully saturated rings. The van der Waals surface area contributed by atoms with Gasteiger partial charge in [-0.2, -0.15) is 5.10 Å². The SMILES string of the molecule is Cc1nn(C)c(C)c1CCNCCCO. The number of nitrogens with one attached hydrogen (secondary N) is 1. The molecule has 0 aliphatic rings. The minimum Gasteiger partial charge on any atom is -0.396 e. The molecule has 0 aliphatic carbocycles. The number of nitrogens with zero attached hydrogens (tertiary/aromatic N) is 2. The van der Waals surface area contributed by atoms with Gasteiger partial charge in [0.15, 0.2) is 0 Å². The van der Waals surface area contributed by atoms with Gasteiger partial charge in [-0.1, -0.05) is 0 Å². The zero-order chi connectivity index (χ0) is 11.3. The van der Waals surface area contributed by atoms with Crippen molar-refractivity contribution in [3.05, 3.63) is 17.0 Å². The summed E-state index contributed by atoms with van der Waals surface area (Å²) < 4.78 is 1.93. The van der Waals surface area contributed by atoms with Gasteiger partial charge in [0.05, 0.1) is 5.69 Å². The van der Waals surface area contributed by atoms with E-state index in [2.05, 4.69) is 24.3 Å². The van der Waals surface area contributed by atoms with Crippen molar-refractivity contribution in [3.63, 3.8) is 0 Å². The van der Waals surface area contributed by atoms with Crippen LogP contribution < -0.4 is 5.32 Å². The summed E-state index contributed by atoms with van der Waals surface area (Å²) >= 11 is 0. The highest BCUT2D eigenvalue weighted by Gasteiger charge is 2.07. The molecule has 0 saturated carbocycles. The van der Waals surface area contributed by atoms with E-state index in [0.29, 0.717) is 0 Å². The zero-order valence-electron chi connectivity index (χ0n) is 9.88. The molecule has 4 nitrogen and oxygen atoms in total. The van der Waals surface area contributed by atoms with Crippen LogP contribution in [0, 0.1) is 13.8 Å². The molecule has 0 atom stereocenters. The van der Waals surface area contributed by atoms with Crippen LogP contribution in [0.1, 0.15) is 23.4 Å². The van der Waals surface area contributed by atoms with Gasteiger partial charge < -0.3 is 10.4 Å². The number of aliphatic hydroxyl groups is 1. The highest BCUT2D eigenvalue weighted by atomic mass is 16.3. The van der Waals surface area contributed by atoms with Crippen molar-refractivity contribution in [2.45, 2.75) is 26.7 Å². The molecule has 1 aromatic heterocycles. The van der Waals surface area contributed by atoms with E-state index in [1.807, 2.05) is 11.7 Å². The highest BCUT2D eigenvalue weighted by Crippen LogP contribution is 2.11. The maximum Gasteiger partial charge on any atom is 0.0628 e. The van der Waals surface area contributed by atoms with Gasteiger partial charge in [0.2, 0.25) is 0 Å². The molecular weight excluding hydrogens is 190 g/mol. The number of aromatic nitrogens is 2. The molecular formula is C11H21N3O. The Balaban J connectivity index is 2.37. The lowest BCUT2D eigenvalue weighted by molar-refractivity contribution is 0.286. The normalized spacial score (nSPS) is 10.9. The number of hydrogen-bond acceptors (Lipinski definition) is 3. The summed E-state index contributed by atoms with van der Waals surface area (Å²) in [5.74, 6) is 0. The Morgan fingerprint density at radius 3 is 2.60 bits per heavy atom. The van der Waals surface area contributed by atoms with E-state index in [1.165, 1.54) is 11.3 Å². The second-order valence-corrected chi connectivity index (χ2v) is 3.85. The number of hydrogen-bond donors (Lipinski definition) is 2. The first-order valence-corrected chi connectivity index (χ1v) is 5.47. The Morgan fingerprint density at radius 1 is 1.33 bits per heavy atom. The van der Waals surface area contributed by atoms with Crippen molar-refractivity contribution in [1.29, 1.82) is 0 Å². The van der Waals surface area contributed by atoms with Crippen LogP contribution in [-0.2, 0) is 13.5 Å². The number of aliphatic hydroxyl groups excluding tert-OH is 1. The largest absolute Gasteiger partial charge is 0.396 e. The monoisotopic (exact) mass is 211 g/mol. The third-order valence-electron chi connectivity index (χ3n) is 2.72. The van der Waals surface area contributed by atoms with Gasteiger partial charge in [-0.05, 0) is 45.3 Å². The first-order valence-electron chi connectivity index (χ1n) is 5.47. The molecule has 0 unspecified atom stereocenters. The Morgan fingerprint density at radius 2 is 2.07 bits per heavy atom. The quantitative estimate of drug-likeness (QED) is 0.676. The smallest absolute Gasteiger partial charge is 0.0628 e. The minimum absolute atomic E-state index is 0.262. The fraction of sp³-hybridized carbons (Fsp3) is 0.727. The Labute approximate surface area is 91.3 Å². The third-order valence-corrected chi connectivity index (χ3v) is 2.72. The molecule has 86 valence electrons. The topological polar surface area (TPSA) is 50.1 Å². The second-order valence-electron chi connectivity index (χ2n) is 3.85. The first kappa shape index (κ1) is 12.2. The van der Waals surface area contributed by atoms with Crippen LogP contribution in [0.15, 0.2) is 0 Å². The van der Waals surface area contributed by atoms with E-state index in [1.54, 1.807) is 0 Å². The van der Waals surface area contributed by atoms with E-state index in [-0.39, 0.29) is 6.61 Å². The van der Waals surface area contributed by atoms with Gasteiger partial charge in [-0.15, -0.1) is 0 Å². The van der Waals surface area contributed by atoms with Crippen molar-refractivity contribution in [3.8, 4) is 0 Å². The lowest BCUT2D eigenvalue weighted by atomic mass is 10.1. The fourth-order valence-corrected chi connectivity index (χ4v) is 1.72. The van der Waals surface area contributed by atoms with Crippen LogP contribution in [0.2, 0.25) is 0 Å². The van der Waals surface area contributed by atoms with Gasteiger partial charge in [0, 0.05) is 19.3 Å². The lowest BCUT2D eigenvalue weighted by Gasteiger charge is -2.04. The minimum atomic E-state index is 0.262. The van der Waals surface area contributed by atoms with Crippen molar-refractivity contribution < 1.29 is 5.11 Å². The average molecular weight is 211 g/mol. The second kappa shape index (κ2) is 5.88. The molecule has 0 aliphatic heterocycles. The summed E-state index contributed by atoms with van der Waals surface area (Å²) in [6.07, 6.45) is 1.84. The highest BCUT2D eigenvalue weighted by molar-refractivity contribution is 5.24. The fourth-order valence-electron chi connectivity index (χ4n) is 1.72. The number of rotatable bonds is 6. The van der Waals surface area contributed by atoms with E-state index >= 15 is 0 Å². The van der Waals surface area contributed by atoms with Crippen molar-refractivity contribution in [2.24, 2.45) is 7.05 Å². The van der Waals surface area contributed by atoms with Crippen LogP contribution in [0.4, 0.5) is 0 Å². The molecule has 0 amide bonds. The van der Waals surface area contributed by atoms with Gasteiger partial charge >= 0.3 is 0 Å². The molecule has 1 rings (SSSR count). The van der Waals surface area contributed by atoms with Crippen LogP contribution in [-0.4, -0.2) is 34.6 Å². The molecule has 0 spiro atoms.